The van der Waals surface area contributed by atoms with Gasteiger partial charge in [0.15, 0.2) is 5.96 Å². The molecule has 0 radical (unpaired) electrons. The van der Waals surface area contributed by atoms with Crippen LogP contribution in [0.25, 0.3) is 0 Å². The first-order chi connectivity index (χ1) is 10.9. The van der Waals surface area contributed by atoms with E-state index in [-0.39, 0.29) is 41.8 Å². The van der Waals surface area contributed by atoms with Crippen molar-refractivity contribution in [2.75, 3.05) is 33.8 Å². The van der Waals surface area contributed by atoms with Crippen LogP contribution in [0, 0.1) is 5.41 Å². The minimum Gasteiger partial charge on any atom is -0.378 e. The van der Waals surface area contributed by atoms with Crippen molar-refractivity contribution >= 4 is 35.8 Å². The van der Waals surface area contributed by atoms with Crippen LogP contribution in [0.3, 0.4) is 0 Å². The summed E-state index contributed by atoms with van der Waals surface area (Å²) in [4.78, 5) is 17.7. The molecule has 1 aliphatic rings. The Morgan fingerprint density at radius 1 is 1.25 bits per heavy atom. The second kappa shape index (κ2) is 11.1. The zero-order valence-corrected chi connectivity index (χ0v) is 18.3. The lowest BCUT2D eigenvalue weighted by Crippen LogP contribution is -2.65. The van der Waals surface area contributed by atoms with Crippen LogP contribution < -0.4 is 10.6 Å². The molecule has 2 unspecified atom stereocenters. The number of carbonyl (C=O) groups excluding carboxylic acids is 1. The van der Waals surface area contributed by atoms with E-state index in [1.54, 1.807) is 19.0 Å². The summed E-state index contributed by atoms with van der Waals surface area (Å²) in [6.07, 6.45) is 3.44. The lowest BCUT2D eigenvalue weighted by atomic mass is 9.58. The number of carbonyl (C=O) groups is 1. The number of hydrogen-bond donors (Lipinski definition) is 2. The Balaban J connectivity index is 0.00000529. The van der Waals surface area contributed by atoms with Crippen molar-refractivity contribution in [1.82, 2.24) is 15.5 Å². The van der Waals surface area contributed by atoms with Crippen LogP contribution in [0.15, 0.2) is 4.99 Å². The summed E-state index contributed by atoms with van der Waals surface area (Å²) >= 11 is 0. The second-order valence-electron chi connectivity index (χ2n) is 6.30. The Morgan fingerprint density at radius 3 is 2.33 bits per heavy atom. The second-order valence-corrected chi connectivity index (χ2v) is 6.30. The first kappa shape index (κ1) is 23.4. The van der Waals surface area contributed by atoms with Crippen molar-refractivity contribution in [3.8, 4) is 0 Å². The Kier molecular flexibility index (Phi) is 10.9. The normalized spacial score (nSPS) is 22.2. The molecule has 0 aromatic rings. The molecule has 0 bridgehead atoms. The fourth-order valence-electron chi connectivity index (χ4n) is 3.36. The van der Waals surface area contributed by atoms with Crippen molar-refractivity contribution in [3.63, 3.8) is 0 Å². The molecule has 2 N–H and O–H groups in total. The molecule has 0 aromatic carbocycles. The third kappa shape index (κ3) is 5.47. The molecule has 0 aromatic heterocycles. The molecule has 0 aliphatic heterocycles. The van der Waals surface area contributed by atoms with Gasteiger partial charge in [0.1, 0.15) is 6.54 Å². The van der Waals surface area contributed by atoms with Gasteiger partial charge < -0.3 is 20.3 Å². The highest BCUT2D eigenvalue weighted by Gasteiger charge is 2.53. The van der Waals surface area contributed by atoms with Crippen LogP contribution in [-0.4, -0.2) is 62.7 Å². The number of rotatable bonds is 8. The van der Waals surface area contributed by atoms with E-state index in [4.69, 9.17) is 4.74 Å². The number of nitrogens with one attached hydrogen (secondary N) is 2. The summed E-state index contributed by atoms with van der Waals surface area (Å²) in [5, 5.41) is 6.75. The van der Waals surface area contributed by atoms with E-state index < -0.39 is 0 Å². The zero-order chi connectivity index (χ0) is 17.5. The molecular weight excluding hydrogens is 419 g/mol. The Labute approximate surface area is 164 Å². The highest BCUT2D eigenvalue weighted by atomic mass is 127. The minimum atomic E-state index is 0. The van der Waals surface area contributed by atoms with Gasteiger partial charge in [-0.2, -0.15) is 0 Å². The molecule has 0 spiro atoms. The average molecular weight is 454 g/mol. The third-order valence-corrected chi connectivity index (χ3v) is 5.00. The standard InChI is InChI=1S/C17H34N4O2.HI/c1-7-17(8-2)13(11-14(17)23-10-4)20-16(18-9-3)19-12-15(22)21(5)6;/h13-14H,7-12H2,1-6H3,(H2,18,19,20);1H. The molecule has 0 saturated heterocycles. The van der Waals surface area contributed by atoms with Crippen molar-refractivity contribution in [1.29, 1.82) is 0 Å². The van der Waals surface area contributed by atoms with Gasteiger partial charge in [-0.05, 0) is 33.1 Å². The van der Waals surface area contributed by atoms with E-state index in [0.717, 1.165) is 32.4 Å². The van der Waals surface area contributed by atoms with E-state index in [1.165, 1.54) is 0 Å². The summed E-state index contributed by atoms with van der Waals surface area (Å²) in [5.41, 5.74) is 0.151. The highest BCUT2D eigenvalue weighted by Crippen LogP contribution is 2.48. The monoisotopic (exact) mass is 454 g/mol. The molecule has 24 heavy (non-hydrogen) atoms. The van der Waals surface area contributed by atoms with E-state index >= 15 is 0 Å². The van der Waals surface area contributed by atoms with Crippen LogP contribution in [0.2, 0.25) is 0 Å². The number of ether oxygens (including phenoxy) is 1. The molecule has 1 fully saturated rings. The number of amides is 1. The lowest BCUT2D eigenvalue weighted by Gasteiger charge is -2.55. The van der Waals surface area contributed by atoms with Gasteiger partial charge in [-0.25, -0.2) is 4.99 Å². The molecule has 7 heteroatoms. The quantitative estimate of drug-likeness (QED) is 0.336. The van der Waals surface area contributed by atoms with Gasteiger partial charge in [0.25, 0.3) is 0 Å². The predicted octanol–water partition coefficient (Wildman–Crippen LogP) is 2.23. The Morgan fingerprint density at radius 2 is 1.88 bits per heavy atom. The van der Waals surface area contributed by atoms with Crippen LogP contribution in [-0.2, 0) is 9.53 Å². The van der Waals surface area contributed by atoms with Gasteiger partial charge in [-0.15, -0.1) is 24.0 Å². The van der Waals surface area contributed by atoms with Crippen molar-refractivity contribution < 1.29 is 9.53 Å². The van der Waals surface area contributed by atoms with E-state index in [2.05, 4.69) is 36.4 Å². The first-order valence-corrected chi connectivity index (χ1v) is 8.81. The SMILES string of the molecule is CCNC(=NCC(=O)N(C)C)NC1CC(OCC)C1(CC)CC.I. The lowest BCUT2D eigenvalue weighted by molar-refractivity contribution is -0.133. The maximum atomic E-state index is 11.7. The van der Waals surface area contributed by atoms with Crippen LogP contribution >= 0.6 is 24.0 Å². The van der Waals surface area contributed by atoms with Crippen LogP contribution in [0.1, 0.15) is 47.0 Å². The Hall–Kier alpha value is -0.570. The zero-order valence-electron chi connectivity index (χ0n) is 16.0. The number of halogens is 1. The smallest absolute Gasteiger partial charge is 0.243 e. The minimum absolute atomic E-state index is 0. The summed E-state index contributed by atoms with van der Waals surface area (Å²) in [7, 11) is 3.49. The van der Waals surface area contributed by atoms with E-state index in [0.29, 0.717) is 18.1 Å². The summed E-state index contributed by atoms with van der Waals surface area (Å²) in [5.74, 6) is 0.717. The van der Waals surface area contributed by atoms with Crippen LogP contribution in [0.5, 0.6) is 0 Å². The molecular formula is C17H35IN4O2. The topological polar surface area (TPSA) is 66.0 Å². The van der Waals surface area contributed by atoms with Crippen LogP contribution in [0.4, 0.5) is 0 Å². The van der Waals surface area contributed by atoms with Crippen molar-refractivity contribution in [2.24, 2.45) is 10.4 Å². The molecule has 6 nitrogen and oxygen atoms in total. The Bertz CT molecular complexity index is 411. The molecule has 1 amide bonds. The first-order valence-electron chi connectivity index (χ1n) is 8.81. The van der Waals surface area contributed by atoms with E-state index in [1.807, 2.05) is 6.92 Å². The summed E-state index contributed by atoms with van der Waals surface area (Å²) in [6, 6.07) is 0.335. The number of hydrogen-bond acceptors (Lipinski definition) is 3. The number of guanidine groups is 1. The number of nitrogens with zero attached hydrogens (tertiary/aromatic N) is 2. The van der Waals surface area contributed by atoms with Gasteiger partial charge in [0.2, 0.25) is 5.91 Å². The van der Waals surface area contributed by atoms with Gasteiger partial charge in [0.05, 0.1) is 6.10 Å². The molecule has 142 valence electrons. The predicted molar refractivity (Wildman–Crippen MR) is 110 cm³/mol. The van der Waals surface area contributed by atoms with Crippen molar-refractivity contribution in [3.05, 3.63) is 0 Å². The maximum Gasteiger partial charge on any atom is 0.243 e. The van der Waals surface area contributed by atoms with E-state index in [9.17, 15) is 4.79 Å². The molecule has 1 saturated carbocycles. The van der Waals surface area contributed by atoms with Gasteiger partial charge >= 0.3 is 0 Å². The van der Waals surface area contributed by atoms with Crippen molar-refractivity contribution in [2.45, 2.75) is 59.1 Å². The fraction of sp³-hybridized carbons (Fsp3) is 0.882. The molecule has 1 rings (SSSR count). The van der Waals surface area contributed by atoms with Gasteiger partial charge in [-0.1, -0.05) is 13.8 Å². The average Bonchev–Trinajstić information content (AvgIpc) is 2.52. The highest BCUT2D eigenvalue weighted by molar-refractivity contribution is 14.0. The number of aliphatic imine (C=N–C) groups is 1. The largest absolute Gasteiger partial charge is 0.378 e. The van der Waals surface area contributed by atoms with Gasteiger partial charge in [-0.3, -0.25) is 4.79 Å². The molecule has 1 aliphatic carbocycles. The van der Waals surface area contributed by atoms with Gasteiger partial charge in [0, 0.05) is 38.7 Å². The third-order valence-electron chi connectivity index (χ3n) is 5.00. The molecule has 0 heterocycles. The molecule has 2 atom stereocenters. The number of likely N-dealkylation sites (N-methyl/N-ethyl adjacent to an activating group) is 1. The fourth-order valence-corrected chi connectivity index (χ4v) is 3.36. The maximum absolute atomic E-state index is 11.7. The summed E-state index contributed by atoms with van der Waals surface area (Å²) < 4.78 is 5.92. The summed E-state index contributed by atoms with van der Waals surface area (Å²) in [6.45, 7) is 10.2.